The molecule has 1 heterocycles. The van der Waals surface area contributed by atoms with E-state index in [1.165, 1.54) is 10.5 Å². The van der Waals surface area contributed by atoms with E-state index in [1.54, 1.807) is 24.3 Å². The molecular formula is C15H20N2OS. The molecule has 0 amide bonds. The van der Waals surface area contributed by atoms with Gasteiger partial charge in [-0.15, -0.1) is 11.8 Å². The maximum Gasteiger partial charge on any atom is 0.0949 e. The third-order valence-electron chi connectivity index (χ3n) is 3.37. The molecule has 0 saturated heterocycles. The van der Waals surface area contributed by atoms with Gasteiger partial charge in [-0.05, 0) is 37.7 Å². The van der Waals surface area contributed by atoms with Gasteiger partial charge >= 0.3 is 0 Å². The van der Waals surface area contributed by atoms with E-state index in [9.17, 15) is 5.11 Å². The van der Waals surface area contributed by atoms with Crippen LogP contribution in [0, 0.1) is 0 Å². The van der Waals surface area contributed by atoms with Crippen LogP contribution >= 0.6 is 11.8 Å². The topological polar surface area (TPSA) is 38.0 Å². The van der Waals surface area contributed by atoms with Gasteiger partial charge in [-0.2, -0.15) is 0 Å². The molecule has 3 nitrogen and oxygen atoms in total. The number of benzene rings is 1. The highest BCUT2D eigenvalue weighted by Gasteiger charge is 2.16. The third-order valence-corrected chi connectivity index (χ3v) is 4.20. The van der Waals surface area contributed by atoms with E-state index in [1.807, 2.05) is 17.7 Å². The van der Waals surface area contributed by atoms with Gasteiger partial charge in [0.05, 0.1) is 18.5 Å². The lowest BCUT2D eigenvalue weighted by molar-refractivity contribution is 0.124. The lowest BCUT2D eigenvalue weighted by Gasteiger charge is -2.21. The fraction of sp³-hybridized carbons (Fsp3) is 0.400. The van der Waals surface area contributed by atoms with Crippen LogP contribution in [-0.2, 0) is 6.42 Å². The summed E-state index contributed by atoms with van der Waals surface area (Å²) in [6.45, 7) is 1.84. The van der Waals surface area contributed by atoms with Gasteiger partial charge in [0, 0.05) is 17.3 Å². The number of hydrogen-bond acceptors (Lipinski definition) is 3. The largest absolute Gasteiger partial charge is 0.391 e. The first-order chi connectivity index (χ1) is 9.22. The monoisotopic (exact) mass is 276 g/mol. The summed E-state index contributed by atoms with van der Waals surface area (Å²) in [6.07, 6.45) is 9.04. The van der Waals surface area contributed by atoms with Crippen LogP contribution in [0.15, 0.2) is 47.9 Å². The average Bonchev–Trinajstić information content (AvgIpc) is 2.93. The van der Waals surface area contributed by atoms with E-state index in [0.717, 1.165) is 12.8 Å². The summed E-state index contributed by atoms with van der Waals surface area (Å²) >= 11 is 1.77. The molecule has 1 aromatic carbocycles. The molecule has 0 fully saturated rings. The number of nitrogens with zero attached hydrogens (tertiary/aromatic N) is 2. The molecule has 1 aromatic heterocycles. The molecule has 0 aliphatic carbocycles. The number of aliphatic hydroxyl groups is 1. The van der Waals surface area contributed by atoms with Crippen molar-refractivity contribution < 1.29 is 5.11 Å². The normalized spacial score (nSPS) is 14.3. The summed E-state index contributed by atoms with van der Waals surface area (Å²) in [7, 11) is 0. The quantitative estimate of drug-likeness (QED) is 0.824. The van der Waals surface area contributed by atoms with Crippen LogP contribution in [0.4, 0.5) is 0 Å². The van der Waals surface area contributed by atoms with Crippen molar-refractivity contribution >= 4 is 11.8 Å². The first kappa shape index (κ1) is 14.2. The maximum atomic E-state index is 9.93. The summed E-state index contributed by atoms with van der Waals surface area (Å²) in [5.41, 5.74) is 1.35. The van der Waals surface area contributed by atoms with Gasteiger partial charge in [0.1, 0.15) is 0 Å². The molecule has 0 unspecified atom stereocenters. The zero-order valence-electron chi connectivity index (χ0n) is 11.4. The van der Waals surface area contributed by atoms with E-state index in [4.69, 9.17) is 0 Å². The molecule has 0 saturated carbocycles. The van der Waals surface area contributed by atoms with E-state index in [0.29, 0.717) is 0 Å². The number of imidazole rings is 1. The summed E-state index contributed by atoms with van der Waals surface area (Å²) < 4.78 is 1.99. The number of aliphatic hydroxyl groups excluding tert-OH is 1. The van der Waals surface area contributed by atoms with E-state index < -0.39 is 0 Å². The molecule has 2 atom stereocenters. The Morgan fingerprint density at radius 1 is 1.37 bits per heavy atom. The van der Waals surface area contributed by atoms with E-state index in [2.05, 4.69) is 35.5 Å². The second-order valence-electron chi connectivity index (χ2n) is 4.67. The number of rotatable bonds is 6. The number of hydrogen-bond donors (Lipinski definition) is 1. The van der Waals surface area contributed by atoms with Crippen molar-refractivity contribution in [1.82, 2.24) is 9.55 Å². The van der Waals surface area contributed by atoms with Gasteiger partial charge in [0.15, 0.2) is 0 Å². The molecule has 0 aliphatic rings. The summed E-state index contributed by atoms with van der Waals surface area (Å²) in [6, 6.07) is 8.53. The highest BCUT2D eigenvalue weighted by molar-refractivity contribution is 7.98. The second-order valence-corrected chi connectivity index (χ2v) is 5.52. The number of thioether (sulfide) groups is 1. The van der Waals surface area contributed by atoms with E-state index >= 15 is 0 Å². The first-order valence-electron chi connectivity index (χ1n) is 6.49. The van der Waals surface area contributed by atoms with Crippen LogP contribution in [0.3, 0.4) is 0 Å². The Bertz CT molecular complexity index is 497. The Labute approximate surface area is 118 Å². The Kier molecular flexibility index (Phi) is 5.05. The Morgan fingerprint density at radius 2 is 2.16 bits per heavy atom. The van der Waals surface area contributed by atoms with Gasteiger partial charge in [-0.1, -0.05) is 18.2 Å². The summed E-state index contributed by atoms with van der Waals surface area (Å²) in [5, 5.41) is 9.93. The Morgan fingerprint density at radius 3 is 2.79 bits per heavy atom. The van der Waals surface area contributed by atoms with Crippen LogP contribution < -0.4 is 0 Å². The second kappa shape index (κ2) is 6.78. The molecule has 4 heteroatoms. The SMILES string of the molecule is CSc1ccccc1CC[C@H]([C@H](C)O)n1ccnc1. The molecule has 2 aromatic rings. The standard InChI is InChI=1S/C15H20N2OS/c1-12(18)14(17-10-9-16-11-17)8-7-13-5-3-4-6-15(13)19-2/h3-6,9-12,14,18H,7-8H2,1-2H3/t12-,14+/m0/s1. The molecule has 102 valence electrons. The van der Waals surface area contributed by atoms with Crippen molar-refractivity contribution in [2.75, 3.05) is 6.26 Å². The molecule has 0 aliphatic heterocycles. The summed E-state index contributed by atoms with van der Waals surface area (Å²) in [4.78, 5) is 5.38. The number of aromatic nitrogens is 2. The lowest BCUT2D eigenvalue weighted by atomic mass is 10.0. The average molecular weight is 276 g/mol. The molecule has 0 spiro atoms. The zero-order valence-corrected chi connectivity index (χ0v) is 12.2. The minimum atomic E-state index is -0.379. The summed E-state index contributed by atoms with van der Waals surface area (Å²) in [5.74, 6) is 0. The van der Waals surface area contributed by atoms with Gasteiger partial charge in [-0.25, -0.2) is 4.98 Å². The van der Waals surface area contributed by atoms with Gasteiger partial charge in [0.25, 0.3) is 0 Å². The van der Waals surface area contributed by atoms with Crippen LogP contribution in [0.2, 0.25) is 0 Å². The molecular weight excluding hydrogens is 256 g/mol. The highest BCUT2D eigenvalue weighted by Crippen LogP contribution is 2.25. The molecule has 0 bridgehead atoms. The predicted molar refractivity (Wildman–Crippen MR) is 79.5 cm³/mol. The smallest absolute Gasteiger partial charge is 0.0949 e. The first-order valence-corrected chi connectivity index (χ1v) is 7.72. The van der Waals surface area contributed by atoms with Crippen LogP contribution in [0.25, 0.3) is 0 Å². The van der Waals surface area contributed by atoms with Crippen LogP contribution in [0.5, 0.6) is 0 Å². The van der Waals surface area contributed by atoms with Crippen molar-refractivity contribution in [3.05, 3.63) is 48.5 Å². The van der Waals surface area contributed by atoms with Crippen LogP contribution in [0.1, 0.15) is 24.9 Å². The fourth-order valence-electron chi connectivity index (χ4n) is 2.32. The maximum absolute atomic E-state index is 9.93. The minimum absolute atomic E-state index is 0.0809. The minimum Gasteiger partial charge on any atom is -0.391 e. The Balaban J connectivity index is 2.07. The fourth-order valence-corrected chi connectivity index (χ4v) is 2.96. The lowest BCUT2D eigenvalue weighted by Crippen LogP contribution is -2.21. The van der Waals surface area contributed by atoms with Crippen molar-refractivity contribution in [3.8, 4) is 0 Å². The van der Waals surface area contributed by atoms with Crippen molar-refractivity contribution in [2.24, 2.45) is 0 Å². The molecule has 19 heavy (non-hydrogen) atoms. The zero-order chi connectivity index (χ0) is 13.7. The number of aryl methyl sites for hydroxylation is 1. The third kappa shape index (κ3) is 3.61. The van der Waals surface area contributed by atoms with Crippen molar-refractivity contribution in [3.63, 3.8) is 0 Å². The van der Waals surface area contributed by atoms with Gasteiger partial charge < -0.3 is 9.67 Å². The van der Waals surface area contributed by atoms with Gasteiger partial charge in [0.2, 0.25) is 0 Å². The molecule has 2 rings (SSSR count). The molecule has 0 radical (unpaired) electrons. The van der Waals surface area contributed by atoms with Crippen LogP contribution in [-0.4, -0.2) is 27.0 Å². The highest BCUT2D eigenvalue weighted by atomic mass is 32.2. The van der Waals surface area contributed by atoms with E-state index in [-0.39, 0.29) is 12.1 Å². The van der Waals surface area contributed by atoms with Crippen molar-refractivity contribution in [1.29, 1.82) is 0 Å². The Hall–Kier alpha value is -1.26. The predicted octanol–water partition coefficient (Wildman–Crippen LogP) is 3.16. The van der Waals surface area contributed by atoms with Gasteiger partial charge in [-0.3, -0.25) is 0 Å². The van der Waals surface area contributed by atoms with Crippen molar-refractivity contribution in [2.45, 2.75) is 36.8 Å². The molecule has 1 N–H and O–H groups in total.